The largest absolute Gasteiger partial charge is 0.342 e. The highest BCUT2D eigenvalue weighted by Crippen LogP contribution is 2.35. The van der Waals surface area contributed by atoms with Gasteiger partial charge in [-0.15, -0.1) is 0 Å². The Balaban J connectivity index is 1.66. The first-order valence-corrected chi connectivity index (χ1v) is 10.9. The van der Waals surface area contributed by atoms with Crippen LogP contribution in [0.4, 0.5) is 5.69 Å². The van der Waals surface area contributed by atoms with Gasteiger partial charge in [-0.3, -0.25) is 20.0 Å². The van der Waals surface area contributed by atoms with E-state index in [4.69, 9.17) is 0 Å². The fourth-order valence-electron chi connectivity index (χ4n) is 3.70. The van der Waals surface area contributed by atoms with Gasteiger partial charge in [0, 0.05) is 25.7 Å². The number of para-hydroxylation sites is 1. The van der Waals surface area contributed by atoms with E-state index in [1.54, 1.807) is 43.1 Å². The van der Waals surface area contributed by atoms with Crippen molar-refractivity contribution in [3.63, 3.8) is 0 Å². The number of hydrogen-bond acceptors (Lipinski definition) is 5. The van der Waals surface area contributed by atoms with Crippen LogP contribution in [0.3, 0.4) is 0 Å². The van der Waals surface area contributed by atoms with E-state index >= 15 is 0 Å². The zero-order chi connectivity index (χ0) is 18.9. The number of likely N-dealkylation sites (N-methyl/N-ethyl adjacent to an activating group) is 1. The number of sulfonamides is 1. The lowest BCUT2D eigenvalue weighted by molar-refractivity contribution is -0.131. The maximum atomic E-state index is 12.9. The van der Waals surface area contributed by atoms with Gasteiger partial charge in [0.1, 0.15) is 6.04 Å². The summed E-state index contributed by atoms with van der Waals surface area (Å²) in [6.07, 6.45) is 4.67. The van der Waals surface area contributed by atoms with Crippen LogP contribution in [0.5, 0.6) is 0 Å². The Hall–Kier alpha value is -1.64. The van der Waals surface area contributed by atoms with Crippen molar-refractivity contribution < 1.29 is 13.2 Å². The minimum atomic E-state index is -3.58. The maximum Gasteiger partial charge on any atom is 0.245 e. The molecule has 1 heterocycles. The minimum absolute atomic E-state index is 0.185. The highest BCUT2D eigenvalue weighted by Gasteiger charge is 2.38. The number of amides is 1. The number of hydrogen-bond donors (Lipinski definition) is 2. The quantitative estimate of drug-likeness (QED) is 0.736. The molecule has 2 aliphatic rings. The molecule has 1 saturated heterocycles. The van der Waals surface area contributed by atoms with Crippen LogP contribution in [-0.4, -0.2) is 57.2 Å². The van der Waals surface area contributed by atoms with Gasteiger partial charge in [0.05, 0.1) is 11.9 Å². The number of nitrogens with one attached hydrogen (secondary N) is 2. The summed E-state index contributed by atoms with van der Waals surface area (Å²) in [5, 5.41) is 0. The molecule has 2 fully saturated rings. The second-order valence-electron chi connectivity index (χ2n) is 7.45. The van der Waals surface area contributed by atoms with Crippen LogP contribution in [0.2, 0.25) is 0 Å². The average Bonchev–Trinajstić information content (AvgIpc) is 3.34. The number of carbonyl (C=O) groups excluding carboxylic acids is 1. The zero-order valence-corrected chi connectivity index (χ0v) is 16.4. The molecule has 8 heteroatoms. The molecule has 2 N–H and O–H groups in total. The smallest absolute Gasteiger partial charge is 0.245 e. The van der Waals surface area contributed by atoms with Gasteiger partial charge in [-0.2, -0.15) is 0 Å². The molecule has 7 nitrogen and oxygen atoms in total. The summed E-state index contributed by atoms with van der Waals surface area (Å²) in [6, 6.07) is 8.62. The molecule has 1 aliphatic heterocycles. The first-order valence-electron chi connectivity index (χ1n) is 9.08. The predicted molar refractivity (Wildman–Crippen MR) is 102 cm³/mol. The number of benzene rings is 1. The van der Waals surface area contributed by atoms with E-state index in [0.717, 1.165) is 18.6 Å². The van der Waals surface area contributed by atoms with Gasteiger partial charge in [0.25, 0.3) is 0 Å². The SMILES string of the molecule is CC(C(=O)N(C)CC1CC(C2CC2)NN1)N(c1ccccc1)S(C)(=O)=O. The molecule has 144 valence electrons. The van der Waals surface area contributed by atoms with E-state index in [2.05, 4.69) is 10.9 Å². The van der Waals surface area contributed by atoms with E-state index in [1.807, 2.05) is 6.07 Å². The van der Waals surface area contributed by atoms with Gasteiger partial charge in [-0.1, -0.05) is 18.2 Å². The van der Waals surface area contributed by atoms with Gasteiger partial charge < -0.3 is 4.90 Å². The third kappa shape index (κ3) is 4.36. The molecular weight excluding hydrogens is 352 g/mol. The molecule has 0 bridgehead atoms. The summed E-state index contributed by atoms with van der Waals surface area (Å²) in [7, 11) is -1.84. The Morgan fingerprint density at radius 3 is 2.46 bits per heavy atom. The van der Waals surface area contributed by atoms with E-state index in [9.17, 15) is 13.2 Å². The van der Waals surface area contributed by atoms with Crippen molar-refractivity contribution >= 4 is 21.6 Å². The van der Waals surface area contributed by atoms with Crippen LogP contribution in [0.25, 0.3) is 0 Å². The fourth-order valence-corrected chi connectivity index (χ4v) is 4.86. The highest BCUT2D eigenvalue weighted by molar-refractivity contribution is 7.92. The molecule has 1 aliphatic carbocycles. The summed E-state index contributed by atoms with van der Waals surface area (Å²) >= 11 is 0. The summed E-state index contributed by atoms with van der Waals surface area (Å²) < 4.78 is 25.8. The Morgan fingerprint density at radius 2 is 1.88 bits per heavy atom. The van der Waals surface area contributed by atoms with Crippen LogP contribution < -0.4 is 15.2 Å². The third-order valence-corrected chi connectivity index (χ3v) is 6.39. The van der Waals surface area contributed by atoms with Crippen molar-refractivity contribution in [3.05, 3.63) is 30.3 Å². The van der Waals surface area contributed by atoms with Crippen LogP contribution in [0.15, 0.2) is 30.3 Å². The molecule has 0 radical (unpaired) electrons. The molecule has 3 atom stereocenters. The summed E-state index contributed by atoms with van der Waals surface area (Å²) in [5.41, 5.74) is 7.09. The molecule has 0 spiro atoms. The van der Waals surface area contributed by atoms with E-state index in [0.29, 0.717) is 18.3 Å². The van der Waals surface area contributed by atoms with Crippen molar-refractivity contribution in [3.8, 4) is 0 Å². The van der Waals surface area contributed by atoms with Gasteiger partial charge in [0.2, 0.25) is 15.9 Å². The van der Waals surface area contributed by atoms with E-state index in [1.165, 1.54) is 17.1 Å². The third-order valence-electron chi connectivity index (χ3n) is 5.15. The Kier molecular flexibility index (Phi) is 5.55. The molecule has 1 aromatic rings. The summed E-state index contributed by atoms with van der Waals surface area (Å²) in [4.78, 5) is 14.5. The molecule has 3 unspecified atom stereocenters. The van der Waals surface area contributed by atoms with Crippen molar-refractivity contribution in [2.75, 3.05) is 24.2 Å². The summed E-state index contributed by atoms with van der Waals surface area (Å²) in [6.45, 7) is 2.19. The Bertz CT molecular complexity index is 736. The highest BCUT2D eigenvalue weighted by atomic mass is 32.2. The van der Waals surface area contributed by atoms with Gasteiger partial charge >= 0.3 is 0 Å². The average molecular weight is 381 g/mol. The Labute approximate surface area is 155 Å². The molecule has 0 aromatic heterocycles. The van der Waals surface area contributed by atoms with Crippen LogP contribution in [0.1, 0.15) is 26.2 Å². The molecule has 3 rings (SSSR count). The lowest BCUT2D eigenvalue weighted by atomic mass is 10.1. The van der Waals surface area contributed by atoms with Crippen LogP contribution >= 0.6 is 0 Å². The molecular formula is C18H28N4O3S. The van der Waals surface area contributed by atoms with Gasteiger partial charge in [-0.05, 0) is 44.2 Å². The van der Waals surface area contributed by atoms with Crippen molar-refractivity contribution in [2.24, 2.45) is 5.92 Å². The first-order chi connectivity index (χ1) is 12.3. The molecule has 1 aromatic carbocycles. The van der Waals surface area contributed by atoms with Crippen LogP contribution in [0, 0.1) is 5.92 Å². The lowest BCUT2D eigenvalue weighted by Crippen LogP contribution is -2.51. The van der Waals surface area contributed by atoms with E-state index in [-0.39, 0.29) is 11.9 Å². The normalized spacial score (nSPS) is 24.3. The second-order valence-corrected chi connectivity index (χ2v) is 9.31. The zero-order valence-electron chi connectivity index (χ0n) is 15.6. The van der Waals surface area contributed by atoms with Gasteiger partial charge in [-0.25, -0.2) is 8.42 Å². The predicted octanol–water partition coefficient (Wildman–Crippen LogP) is 0.945. The van der Waals surface area contributed by atoms with Crippen molar-refractivity contribution in [2.45, 2.75) is 44.3 Å². The number of hydrazine groups is 1. The number of anilines is 1. The topological polar surface area (TPSA) is 81.8 Å². The monoisotopic (exact) mass is 380 g/mol. The first kappa shape index (κ1) is 19.1. The van der Waals surface area contributed by atoms with Crippen LogP contribution in [-0.2, 0) is 14.8 Å². The van der Waals surface area contributed by atoms with E-state index < -0.39 is 16.1 Å². The number of carbonyl (C=O) groups is 1. The second kappa shape index (κ2) is 7.54. The molecule has 26 heavy (non-hydrogen) atoms. The molecule has 1 saturated carbocycles. The number of nitrogens with zero attached hydrogens (tertiary/aromatic N) is 2. The minimum Gasteiger partial charge on any atom is -0.342 e. The fraction of sp³-hybridized carbons (Fsp3) is 0.611. The summed E-state index contributed by atoms with van der Waals surface area (Å²) in [5.74, 6) is 0.544. The lowest BCUT2D eigenvalue weighted by Gasteiger charge is -2.32. The molecule has 1 amide bonds. The number of rotatable bonds is 7. The maximum absolute atomic E-state index is 12.9. The van der Waals surface area contributed by atoms with Crippen molar-refractivity contribution in [1.82, 2.24) is 15.8 Å². The standard InChI is InChI=1S/C18H28N4O3S/c1-13(22(26(3,24)25)16-7-5-4-6-8-16)18(23)21(2)12-15-11-17(20-19-15)14-9-10-14/h4-8,13-15,17,19-20H,9-12H2,1-3H3. The van der Waals surface area contributed by atoms with Gasteiger partial charge in [0.15, 0.2) is 0 Å². The van der Waals surface area contributed by atoms with Crippen molar-refractivity contribution in [1.29, 1.82) is 0 Å². The Morgan fingerprint density at radius 1 is 1.23 bits per heavy atom.